The van der Waals surface area contributed by atoms with Crippen molar-refractivity contribution in [3.8, 4) is 11.4 Å². The first-order chi connectivity index (χ1) is 7.34. The van der Waals surface area contributed by atoms with Crippen molar-refractivity contribution in [1.29, 1.82) is 0 Å². The Morgan fingerprint density at radius 1 is 1.27 bits per heavy atom. The number of thiazole rings is 1. The molecular formula is C9H5ClN4S. The molecule has 0 N–H and O–H groups in total. The van der Waals surface area contributed by atoms with Crippen LogP contribution in [0.15, 0.2) is 30.0 Å². The van der Waals surface area contributed by atoms with E-state index in [2.05, 4.69) is 15.0 Å². The Labute approximate surface area is 94.2 Å². The maximum absolute atomic E-state index is 5.74. The number of aromatic nitrogens is 4. The van der Waals surface area contributed by atoms with Crippen LogP contribution in [0, 0.1) is 0 Å². The lowest BCUT2D eigenvalue weighted by atomic mass is 10.3. The average Bonchev–Trinajstić information content (AvgIpc) is 2.77. The van der Waals surface area contributed by atoms with E-state index in [0.717, 1.165) is 16.3 Å². The van der Waals surface area contributed by atoms with E-state index in [1.165, 1.54) is 0 Å². The number of imidazole rings is 1. The Kier molecular flexibility index (Phi) is 1.93. The summed E-state index contributed by atoms with van der Waals surface area (Å²) in [6, 6.07) is 1.83. The predicted octanol–water partition coefficient (Wildman–Crippen LogP) is 2.51. The van der Waals surface area contributed by atoms with Gasteiger partial charge in [-0.25, -0.2) is 15.0 Å². The van der Waals surface area contributed by atoms with Gasteiger partial charge in [0.25, 0.3) is 0 Å². The van der Waals surface area contributed by atoms with E-state index in [-0.39, 0.29) is 5.28 Å². The van der Waals surface area contributed by atoms with Gasteiger partial charge in [-0.3, -0.25) is 4.40 Å². The molecule has 3 heterocycles. The Morgan fingerprint density at radius 3 is 3.07 bits per heavy atom. The van der Waals surface area contributed by atoms with E-state index in [1.54, 1.807) is 23.7 Å². The van der Waals surface area contributed by atoms with Gasteiger partial charge in [0.2, 0.25) is 5.28 Å². The van der Waals surface area contributed by atoms with Crippen molar-refractivity contribution in [3.05, 3.63) is 35.3 Å². The fourth-order valence-corrected chi connectivity index (χ4v) is 2.38. The van der Waals surface area contributed by atoms with Crippen molar-refractivity contribution >= 4 is 27.9 Å². The van der Waals surface area contributed by atoms with Crippen LogP contribution in [0.3, 0.4) is 0 Å². The zero-order chi connectivity index (χ0) is 10.3. The molecule has 0 spiro atoms. The molecule has 0 aliphatic rings. The number of nitrogens with zero attached hydrogens (tertiary/aromatic N) is 4. The monoisotopic (exact) mass is 236 g/mol. The van der Waals surface area contributed by atoms with Gasteiger partial charge in [0.15, 0.2) is 4.96 Å². The first kappa shape index (κ1) is 8.82. The molecular weight excluding hydrogens is 232 g/mol. The predicted molar refractivity (Wildman–Crippen MR) is 59.1 cm³/mol. The second kappa shape index (κ2) is 3.29. The molecule has 0 saturated carbocycles. The van der Waals surface area contributed by atoms with Crippen LogP contribution in [0.4, 0.5) is 0 Å². The van der Waals surface area contributed by atoms with Crippen molar-refractivity contribution in [2.45, 2.75) is 0 Å². The molecule has 0 saturated heterocycles. The van der Waals surface area contributed by atoms with Crippen molar-refractivity contribution in [1.82, 2.24) is 19.4 Å². The lowest BCUT2D eigenvalue weighted by Gasteiger charge is -1.97. The third-order valence-electron chi connectivity index (χ3n) is 2.03. The van der Waals surface area contributed by atoms with E-state index in [4.69, 9.17) is 11.6 Å². The Balaban J connectivity index is 2.26. The van der Waals surface area contributed by atoms with E-state index in [1.807, 2.05) is 22.0 Å². The summed E-state index contributed by atoms with van der Waals surface area (Å²) < 4.78 is 1.98. The summed E-state index contributed by atoms with van der Waals surface area (Å²) in [4.78, 5) is 13.1. The number of halogens is 1. The molecule has 3 rings (SSSR count). The van der Waals surface area contributed by atoms with Gasteiger partial charge in [-0.2, -0.15) is 0 Å². The summed E-state index contributed by atoms with van der Waals surface area (Å²) >= 11 is 7.31. The number of hydrogen-bond acceptors (Lipinski definition) is 4. The van der Waals surface area contributed by atoms with Crippen LogP contribution in [-0.2, 0) is 0 Å². The lowest BCUT2D eigenvalue weighted by molar-refractivity contribution is 1.14. The van der Waals surface area contributed by atoms with E-state index >= 15 is 0 Å². The molecule has 0 radical (unpaired) electrons. The van der Waals surface area contributed by atoms with Gasteiger partial charge < -0.3 is 0 Å². The Morgan fingerprint density at radius 2 is 2.20 bits per heavy atom. The van der Waals surface area contributed by atoms with Gasteiger partial charge in [0.1, 0.15) is 0 Å². The summed E-state index contributed by atoms with van der Waals surface area (Å²) in [7, 11) is 0. The minimum atomic E-state index is 0.256. The quantitative estimate of drug-likeness (QED) is 0.610. The van der Waals surface area contributed by atoms with Gasteiger partial charge in [0.05, 0.1) is 11.4 Å². The molecule has 0 atom stereocenters. The highest BCUT2D eigenvalue weighted by molar-refractivity contribution is 7.15. The van der Waals surface area contributed by atoms with Gasteiger partial charge in [-0.05, 0) is 17.7 Å². The summed E-state index contributed by atoms with van der Waals surface area (Å²) in [5.74, 6) is 0. The number of fused-ring (bicyclic) bond motifs is 1. The first-order valence-electron chi connectivity index (χ1n) is 4.24. The largest absolute Gasteiger partial charge is 0.289 e. The van der Waals surface area contributed by atoms with Crippen molar-refractivity contribution in [2.75, 3.05) is 0 Å². The molecule has 0 unspecified atom stereocenters. The third kappa shape index (κ3) is 1.40. The second-order valence-electron chi connectivity index (χ2n) is 2.91. The summed E-state index contributed by atoms with van der Waals surface area (Å²) in [6.07, 6.45) is 5.31. The smallest absolute Gasteiger partial charge is 0.222 e. The van der Waals surface area contributed by atoms with Crippen LogP contribution >= 0.6 is 22.9 Å². The molecule has 6 heteroatoms. The zero-order valence-electron chi connectivity index (χ0n) is 7.46. The minimum absolute atomic E-state index is 0.256. The fraction of sp³-hybridized carbons (Fsp3) is 0. The van der Waals surface area contributed by atoms with Crippen LogP contribution in [0.25, 0.3) is 16.3 Å². The van der Waals surface area contributed by atoms with Gasteiger partial charge in [0, 0.05) is 24.0 Å². The second-order valence-corrected chi connectivity index (χ2v) is 4.09. The van der Waals surface area contributed by atoms with Gasteiger partial charge in [-0.15, -0.1) is 11.3 Å². The molecule has 0 amide bonds. The molecule has 74 valence electrons. The SMILES string of the molecule is Clc1nccc(-c2csc3nccn23)n1. The highest BCUT2D eigenvalue weighted by Gasteiger charge is 2.07. The van der Waals surface area contributed by atoms with Gasteiger partial charge >= 0.3 is 0 Å². The number of rotatable bonds is 1. The van der Waals surface area contributed by atoms with Crippen LogP contribution in [-0.4, -0.2) is 19.4 Å². The number of hydrogen-bond donors (Lipinski definition) is 0. The maximum atomic E-state index is 5.74. The summed E-state index contributed by atoms with van der Waals surface area (Å²) in [5.41, 5.74) is 1.79. The van der Waals surface area contributed by atoms with E-state index < -0.39 is 0 Å². The zero-order valence-corrected chi connectivity index (χ0v) is 9.03. The van der Waals surface area contributed by atoms with Crippen molar-refractivity contribution < 1.29 is 0 Å². The summed E-state index contributed by atoms with van der Waals surface area (Å²) in [6.45, 7) is 0. The molecule has 4 nitrogen and oxygen atoms in total. The Bertz CT molecular complexity index is 615. The fourth-order valence-electron chi connectivity index (χ4n) is 1.39. The van der Waals surface area contributed by atoms with E-state index in [9.17, 15) is 0 Å². The highest BCUT2D eigenvalue weighted by Crippen LogP contribution is 2.23. The molecule has 0 aliphatic heterocycles. The van der Waals surface area contributed by atoms with Gasteiger partial charge in [-0.1, -0.05) is 0 Å². The molecule has 0 aromatic carbocycles. The lowest BCUT2D eigenvalue weighted by Crippen LogP contribution is -1.89. The van der Waals surface area contributed by atoms with Crippen LogP contribution in [0.1, 0.15) is 0 Å². The van der Waals surface area contributed by atoms with Crippen molar-refractivity contribution in [3.63, 3.8) is 0 Å². The third-order valence-corrected chi connectivity index (χ3v) is 3.07. The van der Waals surface area contributed by atoms with Crippen LogP contribution in [0.2, 0.25) is 5.28 Å². The minimum Gasteiger partial charge on any atom is -0.289 e. The highest BCUT2D eigenvalue weighted by atomic mass is 35.5. The first-order valence-corrected chi connectivity index (χ1v) is 5.50. The average molecular weight is 237 g/mol. The summed E-state index contributed by atoms with van der Waals surface area (Å²) in [5, 5.41) is 2.26. The molecule has 0 bridgehead atoms. The molecule has 0 aliphatic carbocycles. The molecule has 3 aromatic rings. The molecule has 0 fully saturated rings. The topological polar surface area (TPSA) is 43.1 Å². The standard InChI is InChI=1S/C9H5ClN4S/c10-8-11-2-1-6(13-8)7-5-15-9-12-3-4-14(7)9/h1-5H. The van der Waals surface area contributed by atoms with Crippen LogP contribution < -0.4 is 0 Å². The maximum Gasteiger partial charge on any atom is 0.222 e. The molecule has 15 heavy (non-hydrogen) atoms. The van der Waals surface area contributed by atoms with E-state index in [0.29, 0.717) is 0 Å². The normalized spacial score (nSPS) is 11.0. The van der Waals surface area contributed by atoms with Crippen LogP contribution in [0.5, 0.6) is 0 Å². The molecule has 3 aromatic heterocycles. The Hall–Kier alpha value is -1.46. The van der Waals surface area contributed by atoms with Crippen molar-refractivity contribution in [2.24, 2.45) is 0 Å².